The molecule has 18 heavy (non-hydrogen) atoms. The Labute approximate surface area is 110 Å². The number of hydrogen-bond acceptors (Lipinski definition) is 4. The Kier molecular flexibility index (Phi) is 7.28. The van der Waals surface area contributed by atoms with Crippen LogP contribution in [0.2, 0.25) is 0 Å². The number of methoxy groups -OCH3 is 1. The Hall–Kier alpha value is -0.610. The quantitative estimate of drug-likeness (QED) is 0.707. The highest BCUT2D eigenvalue weighted by Gasteiger charge is 2.16. The molecule has 0 aliphatic heterocycles. The molecule has 0 bridgehead atoms. The summed E-state index contributed by atoms with van der Waals surface area (Å²) in [5, 5.41) is 9.72. The molecule has 0 aromatic carbocycles. The fourth-order valence-corrected chi connectivity index (χ4v) is 2.67. The van der Waals surface area contributed by atoms with Crippen LogP contribution < -0.4 is 0 Å². The lowest BCUT2D eigenvalue weighted by Crippen LogP contribution is -2.32. The molecule has 1 unspecified atom stereocenters. The average Bonchev–Trinajstić information content (AvgIpc) is 2.37. The van der Waals surface area contributed by atoms with Gasteiger partial charge < -0.3 is 14.7 Å². The third-order valence-corrected chi connectivity index (χ3v) is 3.80. The molecule has 1 saturated carbocycles. The number of ether oxygens (including phenoxy) is 1. The van der Waals surface area contributed by atoms with Gasteiger partial charge in [0.15, 0.2) is 0 Å². The van der Waals surface area contributed by atoms with Crippen LogP contribution in [-0.4, -0.2) is 49.3 Å². The Morgan fingerprint density at radius 3 is 2.67 bits per heavy atom. The number of aliphatic hydroxyl groups is 1. The average molecular weight is 257 g/mol. The zero-order valence-corrected chi connectivity index (χ0v) is 11.7. The van der Waals surface area contributed by atoms with Crippen molar-refractivity contribution in [1.82, 2.24) is 4.90 Å². The van der Waals surface area contributed by atoms with E-state index in [1.807, 2.05) is 7.05 Å². The third kappa shape index (κ3) is 6.36. The van der Waals surface area contributed by atoms with Crippen LogP contribution in [0.4, 0.5) is 0 Å². The molecule has 1 aliphatic rings. The first-order chi connectivity index (χ1) is 8.61. The largest absolute Gasteiger partial charge is 0.469 e. The van der Waals surface area contributed by atoms with E-state index in [2.05, 4.69) is 9.64 Å². The Balaban J connectivity index is 2.12. The van der Waals surface area contributed by atoms with Crippen molar-refractivity contribution in [2.75, 3.05) is 27.2 Å². The highest BCUT2D eigenvalue weighted by molar-refractivity contribution is 5.69. The van der Waals surface area contributed by atoms with Crippen LogP contribution >= 0.6 is 0 Å². The maximum Gasteiger partial charge on any atom is 0.308 e. The molecule has 106 valence electrons. The van der Waals surface area contributed by atoms with E-state index >= 15 is 0 Å². The molecule has 0 amide bonds. The Morgan fingerprint density at radius 1 is 1.39 bits per heavy atom. The zero-order chi connectivity index (χ0) is 13.4. The lowest BCUT2D eigenvalue weighted by Gasteiger charge is -2.25. The molecule has 0 spiro atoms. The zero-order valence-electron chi connectivity index (χ0n) is 11.7. The lowest BCUT2D eigenvalue weighted by molar-refractivity contribution is -0.143. The van der Waals surface area contributed by atoms with Gasteiger partial charge in [0, 0.05) is 6.54 Å². The van der Waals surface area contributed by atoms with Crippen molar-refractivity contribution in [2.24, 2.45) is 5.92 Å². The van der Waals surface area contributed by atoms with Crippen LogP contribution in [0, 0.1) is 5.92 Å². The molecule has 0 aromatic heterocycles. The summed E-state index contributed by atoms with van der Waals surface area (Å²) in [5.41, 5.74) is 0. The number of hydrogen-bond donors (Lipinski definition) is 1. The van der Waals surface area contributed by atoms with Gasteiger partial charge in [0.1, 0.15) is 0 Å². The molecule has 0 heterocycles. The van der Waals surface area contributed by atoms with Gasteiger partial charge in [0.05, 0.1) is 19.6 Å². The van der Waals surface area contributed by atoms with Crippen molar-refractivity contribution >= 4 is 5.97 Å². The van der Waals surface area contributed by atoms with Gasteiger partial charge in [-0.1, -0.05) is 32.1 Å². The predicted molar refractivity (Wildman–Crippen MR) is 71.3 cm³/mol. The highest BCUT2D eigenvalue weighted by atomic mass is 16.5. The van der Waals surface area contributed by atoms with E-state index in [1.54, 1.807) is 0 Å². The van der Waals surface area contributed by atoms with Crippen molar-refractivity contribution in [3.63, 3.8) is 0 Å². The predicted octanol–water partition coefficient (Wildman–Crippen LogP) is 1.81. The third-order valence-electron chi connectivity index (χ3n) is 3.80. The van der Waals surface area contributed by atoms with Crippen molar-refractivity contribution in [3.8, 4) is 0 Å². The molecule has 0 radical (unpaired) electrons. The molecule has 1 aliphatic carbocycles. The fourth-order valence-electron chi connectivity index (χ4n) is 2.67. The van der Waals surface area contributed by atoms with Gasteiger partial charge in [0.2, 0.25) is 0 Å². The Morgan fingerprint density at radius 2 is 2.06 bits per heavy atom. The molecule has 4 heteroatoms. The summed E-state index contributed by atoms with van der Waals surface area (Å²) < 4.78 is 4.54. The summed E-state index contributed by atoms with van der Waals surface area (Å²) in [6.07, 6.45) is 7.54. The second-order valence-corrected chi connectivity index (χ2v) is 5.49. The van der Waals surface area contributed by atoms with Crippen molar-refractivity contribution < 1.29 is 14.6 Å². The van der Waals surface area contributed by atoms with E-state index < -0.39 is 6.10 Å². The summed E-state index contributed by atoms with van der Waals surface area (Å²) >= 11 is 0. The van der Waals surface area contributed by atoms with Gasteiger partial charge in [-0.05, 0) is 25.9 Å². The van der Waals surface area contributed by atoms with Gasteiger partial charge in [-0.25, -0.2) is 0 Å². The summed E-state index contributed by atoms with van der Waals surface area (Å²) in [5.74, 6) is 0.516. The second-order valence-electron chi connectivity index (χ2n) is 5.49. The second kappa shape index (κ2) is 8.48. The van der Waals surface area contributed by atoms with E-state index in [0.717, 1.165) is 12.5 Å². The summed E-state index contributed by atoms with van der Waals surface area (Å²) in [7, 11) is 3.35. The van der Waals surface area contributed by atoms with Crippen molar-refractivity contribution in [1.29, 1.82) is 0 Å². The van der Waals surface area contributed by atoms with Gasteiger partial charge >= 0.3 is 5.97 Å². The summed E-state index contributed by atoms with van der Waals surface area (Å²) in [4.78, 5) is 13.1. The first-order valence-electron chi connectivity index (χ1n) is 7.05. The van der Waals surface area contributed by atoms with Gasteiger partial charge in [-0.3, -0.25) is 4.79 Å². The van der Waals surface area contributed by atoms with E-state index in [4.69, 9.17) is 0 Å². The number of likely N-dealkylation sites (N-methyl/N-ethyl adjacent to an activating group) is 1. The molecule has 1 rings (SSSR count). The maximum atomic E-state index is 11.0. The van der Waals surface area contributed by atoms with E-state index in [1.165, 1.54) is 45.6 Å². The summed E-state index contributed by atoms with van der Waals surface area (Å²) in [6, 6.07) is 0. The molecule has 1 N–H and O–H groups in total. The SMILES string of the molecule is COC(=O)CC(O)CN(C)CCC1CCCCC1. The van der Waals surface area contributed by atoms with Crippen LogP contribution in [0.15, 0.2) is 0 Å². The van der Waals surface area contributed by atoms with Gasteiger partial charge in [-0.2, -0.15) is 0 Å². The number of aliphatic hydroxyl groups excluding tert-OH is 1. The first kappa shape index (κ1) is 15.4. The first-order valence-corrected chi connectivity index (χ1v) is 7.05. The van der Waals surface area contributed by atoms with Crippen LogP contribution in [0.25, 0.3) is 0 Å². The topological polar surface area (TPSA) is 49.8 Å². The Bertz CT molecular complexity index is 239. The van der Waals surface area contributed by atoms with E-state index in [0.29, 0.717) is 6.54 Å². The van der Waals surface area contributed by atoms with Crippen LogP contribution in [0.1, 0.15) is 44.9 Å². The molecule has 0 aromatic rings. The van der Waals surface area contributed by atoms with Crippen LogP contribution in [-0.2, 0) is 9.53 Å². The smallest absolute Gasteiger partial charge is 0.308 e. The number of esters is 1. The molecular weight excluding hydrogens is 230 g/mol. The van der Waals surface area contributed by atoms with Gasteiger partial charge in [0.25, 0.3) is 0 Å². The fraction of sp³-hybridized carbons (Fsp3) is 0.929. The maximum absolute atomic E-state index is 11.0. The lowest BCUT2D eigenvalue weighted by atomic mass is 9.87. The minimum absolute atomic E-state index is 0.0876. The van der Waals surface area contributed by atoms with E-state index in [9.17, 15) is 9.90 Å². The molecule has 1 fully saturated rings. The minimum Gasteiger partial charge on any atom is -0.469 e. The number of carbonyl (C=O) groups excluding carboxylic acids is 1. The van der Waals surface area contributed by atoms with Crippen LogP contribution in [0.5, 0.6) is 0 Å². The number of nitrogens with zero attached hydrogens (tertiary/aromatic N) is 1. The van der Waals surface area contributed by atoms with Crippen LogP contribution in [0.3, 0.4) is 0 Å². The molecule has 0 saturated heterocycles. The normalized spacial score (nSPS) is 18.9. The molecule has 1 atom stereocenters. The molecule has 4 nitrogen and oxygen atoms in total. The van der Waals surface area contributed by atoms with Crippen molar-refractivity contribution in [3.05, 3.63) is 0 Å². The number of carbonyl (C=O) groups is 1. The van der Waals surface area contributed by atoms with E-state index in [-0.39, 0.29) is 12.4 Å². The van der Waals surface area contributed by atoms with Crippen molar-refractivity contribution in [2.45, 2.75) is 51.0 Å². The highest BCUT2D eigenvalue weighted by Crippen LogP contribution is 2.26. The molecular formula is C14H27NO3. The number of rotatable bonds is 7. The van der Waals surface area contributed by atoms with Gasteiger partial charge in [-0.15, -0.1) is 0 Å². The minimum atomic E-state index is -0.617. The monoisotopic (exact) mass is 257 g/mol. The summed E-state index contributed by atoms with van der Waals surface area (Å²) in [6.45, 7) is 1.55. The standard InChI is InChI=1S/C14H27NO3/c1-15(11-13(16)10-14(17)18-2)9-8-12-6-4-3-5-7-12/h12-13,16H,3-11H2,1-2H3.